The average molecular weight is 460 g/mol. The Kier molecular flexibility index (Phi) is 7.57. The summed E-state index contributed by atoms with van der Waals surface area (Å²) >= 11 is 1.13. The van der Waals surface area contributed by atoms with Gasteiger partial charge in [-0.25, -0.2) is 8.78 Å². The van der Waals surface area contributed by atoms with E-state index in [1.165, 1.54) is 36.4 Å². The number of nitrogens with zero attached hydrogens (tertiary/aromatic N) is 3. The number of thioether (sulfide) groups is 1. The van der Waals surface area contributed by atoms with Crippen molar-refractivity contribution in [2.75, 3.05) is 11.1 Å². The Morgan fingerprint density at radius 1 is 1.03 bits per heavy atom. The summed E-state index contributed by atoms with van der Waals surface area (Å²) in [6, 6.07) is 11.1. The van der Waals surface area contributed by atoms with Crippen LogP contribution in [-0.4, -0.2) is 32.3 Å². The van der Waals surface area contributed by atoms with Crippen LogP contribution < -0.4 is 10.6 Å². The van der Waals surface area contributed by atoms with Crippen molar-refractivity contribution >= 4 is 29.3 Å². The number of aromatic nitrogens is 3. The van der Waals surface area contributed by atoms with E-state index >= 15 is 0 Å². The molecule has 32 heavy (non-hydrogen) atoms. The molecule has 3 rings (SSSR count). The zero-order valence-corrected chi connectivity index (χ0v) is 18.6. The highest BCUT2D eigenvalue weighted by atomic mass is 32.2. The summed E-state index contributed by atoms with van der Waals surface area (Å²) in [6.07, 6.45) is 0. The largest absolute Gasteiger partial charge is 0.342 e. The third-order valence-electron chi connectivity index (χ3n) is 4.70. The Morgan fingerprint density at radius 3 is 2.34 bits per heavy atom. The van der Waals surface area contributed by atoms with Crippen LogP contribution in [0.1, 0.15) is 36.1 Å². The number of halogens is 2. The Balaban J connectivity index is 1.68. The molecule has 0 aliphatic carbocycles. The molecule has 2 aromatic carbocycles. The lowest BCUT2D eigenvalue weighted by Gasteiger charge is -2.21. The molecule has 0 radical (unpaired) electrons. The maximum Gasteiger partial charge on any atom is 0.254 e. The second kappa shape index (κ2) is 10.4. The number of anilines is 1. The van der Waals surface area contributed by atoms with Gasteiger partial charge in [-0.3, -0.25) is 9.59 Å². The summed E-state index contributed by atoms with van der Waals surface area (Å²) in [5, 5.41) is 14.1. The van der Waals surface area contributed by atoms with Gasteiger partial charge in [0.25, 0.3) is 5.91 Å². The Hall–Kier alpha value is -3.27. The molecule has 168 valence electrons. The fourth-order valence-corrected chi connectivity index (χ4v) is 3.71. The van der Waals surface area contributed by atoms with E-state index in [1.54, 1.807) is 23.7 Å². The van der Waals surface area contributed by atoms with Gasteiger partial charge >= 0.3 is 0 Å². The maximum absolute atomic E-state index is 14.0. The van der Waals surface area contributed by atoms with Gasteiger partial charge in [0.1, 0.15) is 11.6 Å². The molecular formula is C22H23F2N5O2S. The fourth-order valence-electron chi connectivity index (χ4n) is 3.00. The first-order valence-corrected chi connectivity index (χ1v) is 10.9. The van der Waals surface area contributed by atoms with E-state index < -0.39 is 29.5 Å². The lowest BCUT2D eigenvalue weighted by atomic mass is 10.0. The molecule has 0 aliphatic heterocycles. The van der Waals surface area contributed by atoms with Crippen LogP contribution in [0.2, 0.25) is 0 Å². The number of nitrogens with one attached hydrogen (secondary N) is 2. The quantitative estimate of drug-likeness (QED) is 0.498. The SMILES string of the molecule is CC(C)C(NC(=O)c1ccccc1F)c1nnc(SCC(=O)Nc2ccccc2F)n1C. The van der Waals surface area contributed by atoms with Crippen LogP contribution in [0.4, 0.5) is 14.5 Å². The summed E-state index contributed by atoms with van der Waals surface area (Å²) in [5.74, 6) is -1.66. The monoisotopic (exact) mass is 459 g/mol. The number of rotatable bonds is 8. The van der Waals surface area contributed by atoms with Gasteiger partial charge in [-0.05, 0) is 30.2 Å². The number of carbonyl (C=O) groups excluding carboxylic acids is 2. The summed E-state index contributed by atoms with van der Waals surface area (Å²) in [6.45, 7) is 3.80. The highest BCUT2D eigenvalue weighted by Crippen LogP contribution is 2.25. The Labute approximate surface area is 188 Å². The summed E-state index contributed by atoms with van der Waals surface area (Å²) < 4.78 is 29.3. The van der Waals surface area contributed by atoms with Crippen molar-refractivity contribution in [3.8, 4) is 0 Å². The molecule has 1 aromatic heterocycles. The van der Waals surface area contributed by atoms with Crippen LogP contribution in [0.3, 0.4) is 0 Å². The lowest BCUT2D eigenvalue weighted by molar-refractivity contribution is -0.113. The molecule has 1 unspecified atom stereocenters. The van der Waals surface area contributed by atoms with Crippen molar-refractivity contribution in [2.24, 2.45) is 13.0 Å². The molecule has 1 atom stereocenters. The molecule has 0 fully saturated rings. The molecular weight excluding hydrogens is 436 g/mol. The highest BCUT2D eigenvalue weighted by Gasteiger charge is 2.26. The van der Waals surface area contributed by atoms with Gasteiger partial charge in [-0.2, -0.15) is 0 Å². The molecule has 0 saturated heterocycles. The molecule has 1 heterocycles. The lowest BCUT2D eigenvalue weighted by Crippen LogP contribution is -2.34. The molecule has 10 heteroatoms. The minimum Gasteiger partial charge on any atom is -0.342 e. The number of amides is 2. The highest BCUT2D eigenvalue weighted by molar-refractivity contribution is 7.99. The first kappa shape index (κ1) is 23.4. The number of hydrogen-bond acceptors (Lipinski definition) is 5. The summed E-state index contributed by atoms with van der Waals surface area (Å²) in [5.41, 5.74) is 0.0483. The molecule has 0 spiro atoms. The second-order valence-electron chi connectivity index (χ2n) is 7.39. The Bertz CT molecular complexity index is 1120. The smallest absolute Gasteiger partial charge is 0.254 e. The van der Waals surface area contributed by atoms with Crippen LogP contribution in [0.5, 0.6) is 0 Å². The van der Waals surface area contributed by atoms with E-state index in [4.69, 9.17) is 0 Å². The van der Waals surface area contributed by atoms with Gasteiger partial charge in [0.15, 0.2) is 11.0 Å². The van der Waals surface area contributed by atoms with Gasteiger partial charge in [-0.1, -0.05) is 49.9 Å². The predicted molar refractivity (Wildman–Crippen MR) is 118 cm³/mol. The molecule has 2 amide bonds. The number of hydrogen-bond donors (Lipinski definition) is 2. The topological polar surface area (TPSA) is 88.9 Å². The molecule has 2 N–H and O–H groups in total. The van der Waals surface area contributed by atoms with E-state index in [-0.39, 0.29) is 22.9 Å². The van der Waals surface area contributed by atoms with Crippen LogP contribution in [0.15, 0.2) is 53.7 Å². The third-order valence-corrected chi connectivity index (χ3v) is 5.72. The summed E-state index contributed by atoms with van der Waals surface area (Å²) in [4.78, 5) is 24.8. The molecule has 0 saturated carbocycles. The summed E-state index contributed by atoms with van der Waals surface area (Å²) in [7, 11) is 1.72. The Morgan fingerprint density at radius 2 is 1.69 bits per heavy atom. The van der Waals surface area contributed by atoms with Crippen LogP contribution >= 0.6 is 11.8 Å². The zero-order chi connectivity index (χ0) is 23.3. The second-order valence-corrected chi connectivity index (χ2v) is 8.33. The number of benzene rings is 2. The van der Waals surface area contributed by atoms with Gasteiger partial charge in [0.2, 0.25) is 5.91 Å². The van der Waals surface area contributed by atoms with Crippen molar-refractivity contribution in [2.45, 2.75) is 25.0 Å². The fraction of sp³-hybridized carbons (Fsp3) is 0.273. The average Bonchev–Trinajstić information content (AvgIpc) is 3.12. The molecule has 0 bridgehead atoms. The van der Waals surface area contributed by atoms with E-state index in [0.717, 1.165) is 11.8 Å². The molecule has 7 nitrogen and oxygen atoms in total. The van der Waals surface area contributed by atoms with Crippen molar-refractivity contribution in [1.82, 2.24) is 20.1 Å². The minimum atomic E-state index is -0.609. The van der Waals surface area contributed by atoms with Gasteiger partial charge in [0.05, 0.1) is 23.0 Å². The number of para-hydroxylation sites is 1. The normalized spacial score (nSPS) is 11.9. The molecule has 0 aliphatic rings. The van der Waals surface area contributed by atoms with E-state index in [2.05, 4.69) is 20.8 Å². The van der Waals surface area contributed by atoms with Crippen LogP contribution in [-0.2, 0) is 11.8 Å². The third kappa shape index (κ3) is 5.50. The standard InChI is InChI=1S/C22H23F2N5O2S/c1-13(2)19(26-21(31)14-8-4-5-9-15(14)23)20-27-28-22(29(20)3)32-12-18(30)25-17-11-7-6-10-16(17)24/h4-11,13,19H,12H2,1-3H3,(H,25,30)(H,26,31). The number of carbonyl (C=O) groups is 2. The van der Waals surface area contributed by atoms with Crippen molar-refractivity contribution < 1.29 is 18.4 Å². The first-order chi connectivity index (χ1) is 15.3. The minimum absolute atomic E-state index is 0.00572. The zero-order valence-electron chi connectivity index (χ0n) is 17.8. The van der Waals surface area contributed by atoms with Crippen molar-refractivity contribution in [3.63, 3.8) is 0 Å². The van der Waals surface area contributed by atoms with Gasteiger partial charge in [-0.15, -0.1) is 10.2 Å². The van der Waals surface area contributed by atoms with E-state index in [0.29, 0.717) is 11.0 Å². The van der Waals surface area contributed by atoms with Gasteiger partial charge < -0.3 is 15.2 Å². The maximum atomic E-state index is 14.0. The van der Waals surface area contributed by atoms with E-state index in [9.17, 15) is 18.4 Å². The molecule has 3 aromatic rings. The van der Waals surface area contributed by atoms with Gasteiger partial charge in [0, 0.05) is 7.05 Å². The van der Waals surface area contributed by atoms with Crippen molar-refractivity contribution in [3.05, 3.63) is 71.6 Å². The van der Waals surface area contributed by atoms with Crippen LogP contribution in [0, 0.1) is 17.6 Å². The van der Waals surface area contributed by atoms with Crippen LogP contribution in [0.25, 0.3) is 0 Å². The predicted octanol–water partition coefficient (Wildman–Crippen LogP) is 3.95. The van der Waals surface area contributed by atoms with E-state index in [1.807, 2.05) is 13.8 Å². The first-order valence-electron chi connectivity index (χ1n) is 9.89. The van der Waals surface area contributed by atoms with Crippen molar-refractivity contribution in [1.29, 1.82) is 0 Å².